The van der Waals surface area contributed by atoms with Crippen molar-refractivity contribution in [1.29, 1.82) is 0 Å². The standard InChI is InChI=1S/C24H40N2O11/c1-13(22(33)34)15(21(32)24(3,4)5)6-7-17(29)25-8-9-35-10-11-36-23-18(26-14(2)28)20(31)19(30)16(12-27)37-23/h16,18-20,23,27,30-31H,6-12H2,1-5H3,(H,25,29)(H,26,28)(H,33,34)/b15-13-. The van der Waals surface area contributed by atoms with E-state index in [9.17, 15) is 39.6 Å². The number of aliphatic hydroxyl groups excluding tert-OH is 3. The summed E-state index contributed by atoms with van der Waals surface area (Å²) < 4.78 is 16.3. The summed E-state index contributed by atoms with van der Waals surface area (Å²) in [7, 11) is 0. The normalized spacial score (nSPS) is 24.7. The third kappa shape index (κ3) is 10.5. The minimum absolute atomic E-state index is 0.000995. The second-order valence-electron chi connectivity index (χ2n) is 9.75. The number of carbonyl (C=O) groups excluding carboxylic acids is 3. The van der Waals surface area contributed by atoms with Crippen LogP contribution in [0.3, 0.4) is 0 Å². The van der Waals surface area contributed by atoms with E-state index in [1.165, 1.54) is 13.8 Å². The average molecular weight is 533 g/mol. The highest BCUT2D eigenvalue weighted by Crippen LogP contribution is 2.25. The second kappa shape index (κ2) is 15.1. The lowest BCUT2D eigenvalue weighted by Crippen LogP contribution is -2.64. The number of nitrogens with one attached hydrogen (secondary N) is 2. The minimum Gasteiger partial charge on any atom is -0.478 e. The van der Waals surface area contributed by atoms with Gasteiger partial charge in [0.15, 0.2) is 12.1 Å². The van der Waals surface area contributed by atoms with Crippen LogP contribution < -0.4 is 10.6 Å². The molecule has 0 aliphatic carbocycles. The molecule has 0 spiro atoms. The van der Waals surface area contributed by atoms with Gasteiger partial charge in [-0.3, -0.25) is 14.4 Å². The number of allylic oxidation sites excluding steroid dienone is 1. The van der Waals surface area contributed by atoms with Crippen molar-refractivity contribution in [2.45, 2.75) is 78.1 Å². The number of aliphatic hydroxyl groups is 3. The summed E-state index contributed by atoms with van der Waals surface area (Å²) in [5.74, 6) is -2.36. The van der Waals surface area contributed by atoms with Crippen LogP contribution in [0.25, 0.3) is 0 Å². The maximum absolute atomic E-state index is 12.6. The monoisotopic (exact) mass is 532 g/mol. The van der Waals surface area contributed by atoms with Crippen molar-refractivity contribution in [3.05, 3.63) is 11.1 Å². The smallest absolute Gasteiger partial charge is 0.331 e. The van der Waals surface area contributed by atoms with Gasteiger partial charge < -0.3 is 45.3 Å². The van der Waals surface area contributed by atoms with E-state index in [1.54, 1.807) is 20.8 Å². The first-order chi connectivity index (χ1) is 17.2. The van der Waals surface area contributed by atoms with Crippen molar-refractivity contribution in [2.75, 3.05) is 33.0 Å². The number of rotatable bonds is 14. The summed E-state index contributed by atoms with van der Waals surface area (Å²) in [4.78, 5) is 47.5. The van der Waals surface area contributed by atoms with Crippen LogP contribution in [0.1, 0.15) is 47.5 Å². The molecule has 0 aromatic carbocycles. The predicted molar refractivity (Wildman–Crippen MR) is 129 cm³/mol. The van der Waals surface area contributed by atoms with E-state index in [-0.39, 0.29) is 62.0 Å². The molecule has 37 heavy (non-hydrogen) atoms. The van der Waals surface area contributed by atoms with E-state index in [1.807, 2.05) is 0 Å². The molecule has 13 nitrogen and oxygen atoms in total. The number of hydrogen-bond donors (Lipinski definition) is 6. The fraction of sp³-hybridized carbons (Fsp3) is 0.750. The first kappa shape index (κ1) is 32.6. The summed E-state index contributed by atoms with van der Waals surface area (Å²) in [6.07, 6.45) is -5.10. The zero-order valence-corrected chi connectivity index (χ0v) is 22.0. The molecule has 5 unspecified atom stereocenters. The molecule has 212 valence electrons. The lowest BCUT2D eigenvalue weighted by molar-refractivity contribution is -0.272. The Kier molecular flexibility index (Phi) is 13.3. The molecule has 2 amide bonds. The molecule has 1 rings (SSSR count). The van der Waals surface area contributed by atoms with Gasteiger partial charge in [-0.05, 0) is 13.3 Å². The zero-order valence-electron chi connectivity index (χ0n) is 22.0. The predicted octanol–water partition coefficient (Wildman–Crippen LogP) is -1.12. The van der Waals surface area contributed by atoms with Crippen molar-refractivity contribution in [2.24, 2.45) is 5.41 Å². The number of aliphatic carboxylic acids is 1. The van der Waals surface area contributed by atoms with Gasteiger partial charge in [-0.25, -0.2) is 4.79 Å². The molecular formula is C24H40N2O11. The first-order valence-electron chi connectivity index (χ1n) is 12.0. The van der Waals surface area contributed by atoms with E-state index in [4.69, 9.17) is 14.2 Å². The molecule has 6 N–H and O–H groups in total. The molecule has 1 aliphatic rings. The summed E-state index contributed by atoms with van der Waals surface area (Å²) in [6, 6.07) is -1.05. The van der Waals surface area contributed by atoms with E-state index in [0.29, 0.717) is 0 Å². The summed E-state index contributed by atoms with van der Waals surface area (Å²) >= 11 is 0. The van der Waals surface area contributed by atoms with Gasteiger partial charge in [0.2, 0.25) is 11.8 Å². The van der Waals surface area contributed by atoms with Gasteiger partial charge in [0.05, 0.1) is 26.4 Å². The highest BCUT2D eigenvalue weighted by molar-refractivity contribution is 6.05. The fourth-order valence-electron chi connectivity index (χ4n) is 3.58. The summed E-state index contributed by atoms with van der Waals surface area (Å²) in [5, 5.41) is 43.9. The SMILES string of the molecule is CC(=O)NC1C(OCCOCCNC(=O)CC/C(C(=O)C(C)(C)C)=C(\C)C(=O)O)OC(CO)C(O)C1O. The maximum Gasteiger partial charge on any atom is 0.331 e. The lowest BCUT2D eigenvalue weighted by Gasteiger charge is -2.42. The number of ketones is 1. The Bertz CT molecular complexity index is 837. The Morgan fingerprint density at radius 1 is 0.973 bits per heavy atom. The fourth-order valence-corrected chi connectivity index (χ4v) is 3.58. The number of hydrogen-bond acceptors (Lipinski definition) is 10. The van der Waals surface area contributed by atoms with Gasteiger partial charge in [0.1, 0.15) is 24.4 Å². The zero-order chi connectivity index (χ0) is 28.3. The largest absolute Gasteiger partial charge is 0.478 e. The first-order valence-corrected chi connectivity index (χ1v) is 12.0. The molecule has 0 aromatic rings. The molecular weight excluding hydrogens is 492 g/mol. The molecule has 1 aliphatic heterocycles. The maximum atomic E-state index is 12.6. The number of Topliss-reactive ketones (excluding diaryl/α,β-unsaturated/α-hetero) is 1. The Labute approximate surface area is 216 Å². The van der Waals surface area contributed by atoms with E-state index in [0.717, 1.165) is 0 Å². The quantitative estimate of drug-likeness (QED) is 0.117. The molecule has 0 radical (unpaired) electrons. The van der Waals surface area contributed by atoms with Crippen molar-refractivity contribution in [1.82, 2.24) is 10.6 Å². The third-order valence-corrected chi connectivity index (χ3v) is 5.66. The van der Waals surface area contributed by atoms with E-state index >= 15 is 0 Å². The third-order valence-electron chi connectivity index (χ3n) is 5.66. The topological polar surface area (TPSA) is 201 Å². The van der Waals surface area contributed by atoms with Crippen molar-refractivity contribution in [3.8, 4) is 0 Å². The van der Waals surface area contributed by atoms with Crippen LogP contribution >= 0.6 is 0 Å². The Morgan fingerprint density at radius 2 is 1.62 bits per heavy atom. The molecule has 5 atom stereocenters. The van der Waals surface area contributed by atoms with E-state index < -0.39 is 54.5 Å². The molecule has 1 fully saturated rings. The number of ether oxygens (including phenoxy) is 3. The highest BCUT2D eigenvalue weighted by Gasteiger charge is 2.45. The van der Waals surface area contributed by atoms with Crippen LogP contribution in [0.15, 0.2) is 11.1 Å². The van der Waals surface area contributed by atoms with Gasteiger partial charge in [0.25, 0.3) is 0 Å². The van der Waals surface area contributed by atoms with Crippen LogP contribution in [-0.2, 0) is 33.4 Å². The lowest BCUT2D eigenvalue weighted by atomic mass is 9.83. The second-order valence-corrected chi connectivity index (χ2v) is 9.75. The number of carboxylic acid groups (broad SMARTS) is 1. The van der Waals surface area contributed by atoms with Gasteiger partial charge >= 0.3 is 5.97 Å². The van der Waals surface area contributed by atoms with E-state index in [2.05, 4.69) is 10.6 Å². The van der Waals surface area contributed by atoms with Crippen molar-refractivity contribution in [3.63, 3.8) is 0 Å². The van der Waals surface area contributed by atoms with Gasteiger partial charge in [-0.1, -0.05) is 20.8 Å². The van der Waals surface area contributed by atoms with Gasteiger partial charge in [0, 0.05) is 36.5 Å². The van der Waals surface area contributed by atoms with Crippen LogP contribution in [0.5, 0.6) is 0 Å². The molecule has 1 saturated heterocycles. The minimum atomic E-state index is -1.41. The summed E-state index contributed by atoms with van der Waals surface area (Å²) in [5.41, 5.74) is -0.738. The molecule has 0 aromatic heterocycles. The van der Waals surface area contributed by atoms with Crippen LogP contribution in [0.2, 0.25) is 0 Å². The number of amides is 2. The Morgan fingerprint density at radius 3 is 2.16 bits per heavy atom. The molecule has 13 heteroatoms. The number of carboxylic acids is 1. The molecule has 0 bridgehead atoms. The highest BCUT2D eigenvalue weighted by atomic mass is 16.7. The van der Waals surface area contributed by atoms with Crippen LogP contribution in [0, 0.1) is 5.41 Å². The van der Waals surface area contributed by atoms with Crippen molar-refractivity contribution < 1.29 is 53.8 Å². The molecule has 1 heterocycles. The number of carbonyl (C=O) groups is 4. The summed E-state index contributed by atoms with van der Waals surface area (Å²) in [6.45, 7) is 7.44. The van der Waals surface area contributed by atoms with Gasteiger partial charge in [-0.2, -0.15) is 0 Å². The molecule has 0 saturated carbocycles. The Hall–Kier alpha value is -2.42. The Balaban J connectivity index is 2.43. The van der Waals surface area contributed by atoms with Crippen molar-refractivity contribution >= 4 is 23.6 Å². The van der Waals surface area contributed by atoms with Crippen LogP contribution in [-0.4, -0.2) is 108 Å². The van der Waals surface area contributed by atoms with Crippen LogP contribution in [0.4, 0.5) is 0 Å². The van der Waals surface area contributed by atoms with Gasteiger partial charge in [-0.15, -0.1) is 0 Å². The average Bonchev–Trinajstić information content (AvgIpc) is 2.81.